The van der Waals surface area contributed by atoms with Gasteiger partial charge in [0, 0.05) is 11.8 Å². The maximum atomic E-state index is 13.2. The number of amides is 1. The lowest BCUT2D eigenvalue weighted by atomic mass is 9.49. The monoisotopic (exact) mass is 355 g/mol. The summed E-state index contributed by atoms with van der Waals surface area (Å²) in [5, 5.41) is 12.7. The Morgan fingerprint density at radius 3 is 2.04 bits per heavy atom. The molecule has 1 aromatic rings. The number of benzene rings is 1. The molecule has 1 aromatic carbocycles. The highest BCUT2D eigenvalue weighted by atomic mass is 16.4. The molecule has 26 heavy (non-hydrogen) atoms. The van der Waals surface area contributed by atoms with Gasteiger partial charge in [-0.2, -0.15) is 0 Å². The van der Waals surface area contributed by atoms with Crippen molar-refractivity contribution in [1.29, 1.82) is 0 Å². The predicted octanol–water partition coefficient (Wildman–Crippen LogP) is 3.63. The number of carbonyl (C=O) groups excluding carboxylic acids is 1. The van der Waals surface area contributed by atoms with Crippen LogP contribution < -0.4 is 5.32 Å². The van der Waals surface area contributed by atoms with E-state index in [1.54, 1.807) is 0 Å². The van der Waals surface area contributed by atoms with Crippen LogP contribution in [-0.2, 0) is 16.0 Å². The topological polar surface area (TPSA) is 66.4 Å². The standard InChI is InChI=1S/C22H29NO3/c1-13-4-3-5-14(2)18(13)9-19(20(24)25)23-21(26)22-10-15-6-16(11-22)8-17(7-15)12-22/h3-5,15-17,19H,6-12H2,1-2H3,(H,23,26)(H,24,25)/t15?,16?,17?,19-,22?/m0/s1. The highest BCUT2D eigenvalue weighted by molar-refractivity contribution is 5.88. The van der Waals surface area contributed by atoms with E-state index >= 15 is 0 Å². The number of nitrogens with one attached hydrogen (secondary N) is 1. The van der Waals surface area contributed by atoms with Crippen molar-refractivity contribution in [3.63, 3.8) is 0 Å². The zero-order valence-corrected chi connectivity index (χ0v) is 15.8. The van der Waals surface area contributed by atoms with Crippen LogP contribution in [0.5, 0.6) is 0 Å². The Balaban J connectivity index is 1.52. The highest BCUT2D eigenvalue weighted by Gasteiger charge is 2.54. The first-order valence-corrected chi connectivity index (χ1v) is 9.95. The molecule has 0 aliphatic heterocycles. The third kappa shape index (κ3) is 3.04. The number of hydrogen-bond acceptors (Lipinski definition) is 2. The van der Waals surface area contributed by atoms with Crippen LogP contribution in [0, 0.1) is 37.0 Å². The molecule has 5 rings (SSSR count). The van der Waals surface area contributed by atoms with Crippen LogP contribution in [0.1, 0.15) is 55.2 Å². The Bertz CT molecular complexity index is 683. The van der Waals surface area contributed by atoms with Gasteiger partial charge in [0.1, 0.15) is 6.04 Å². The van der Waals surface area contributed by atoms with Gasteiger partial charge in [-0.05, 0) is 86.8 Å². The van der Waals surface area contributed by atoms with Gasteiger partial charge < -0.3 is 10.4 Å². The lowest BCUT2D eigenvalue weighted by Crippen LogP contribution is -2.56. The summed E-state index contributed by atoms with van der Waals surface area (Å²) in [6.45, 7) is 4.00. The Labute approximate surface area is 155 Å². The molecule has 0 heterocycles. The second-order valence-electron chi connectivity index (χ2n) is 9.14. The van der Waals surface area contributed by atoms with E-state index in [1.165, 1.54) is 19.3 Å². The van der Waals surface area contributed by atoms with Crippen LogP contribution >= 0.6 is 0 Å². The molecule has 0 aromatic heterocycles. The summed E-state index contributed by atoms with van der Waals surface area (Å²) in [6, 6.07) is 5.14. The Morgan fingerprint density at radius 2 is 1.58 bits per heavy atom. The van der Waals surface area contributed by atoms with Crippen LogP contribution in [0.4, 0.5) is 0 Å². The van der Waals surface area contributed by atoms with Gasteiger partial charge in [0.2, 0.25) is 5.91 Å². The summed E-state index contributed by atoms with van der Waals surface area (Å²) in [7, 11) is 0. The lowest BCUT2D eigenvalue weighted by Gasteiger charge is -2.55. The van der Waals surface area contributed by atoms with Crippen LogP contribution in [0.15, 0.2) is 18.2 Å². The number of carboxylic acids is 1. The number of carbonyl (C=O) groups is 2. The Kier molecular flexibility index (Phi) is 4.32. The van der Waals surface area contributed by atoms with E-state index in [4.69, 9.17) is 0 Å². The van der Waals surface area contributed by atoms with Crippen molar-refractivity contribution >= 4 is 11.9 Å². The molecule has 0 unspecified atom stereocenters. The second-order valence-corrected chi connectivity index (χ2v) is 9.14. The van der Waals surface area contributed by atoms with Crippen molar-refractivity contribution in [2.24, 2.45) is 23.2 Å². The van der Waals surface area contributed by atoms with E-state index in [-0.39, 0.29) is 11.3 Å². The lowest BCUT2D eigenvalue weighted by molar-refractivity contribution is -0.151. The molecule has 4 bridgehead atoms. The fourth-order valence-corrected chi connectivity index (χ4v) is 6.28. The van der Waals surface area contributed by atoms with Crippen LogP contribution in [0.25, 0.3) is 0 Å². The van der Waals surface area contributed by atoms with Crippen molar-refractivity contribution in [2.45, 2.75) is 64.8 Å². The van der Waals surface area contributed by atoms with E-state index in [9.17, 15) is 14.7 Å². The van der Waals surface area contributed by atoms with Crippen LogP contribution in [0.2, 0.25) is 0 Å². The van der Waals surface area contributed by atoms with Crippen molar-refractivity contribution in [3.05, 3.63) is 34.9 Å². The highest BCUT2D eigenvalue weighted by Crippen LogP contribution is 2.60. The van der Waals surface area contributed by atoms with E-state index < -0.39 is 12.0 Å². The summed E-state index contributed by atoms with van der Waals surface area (Å²) < 4.78 is 0. The first-order valence-electron chi connectivity index (χ1n) is 9.95. The minimum atomic E-state index is -0.939. The largest absolute Gasteiger partial charge is 0.480 e. The second kappa shape index (κ2) is 6.40. The van der Waals surface area contributed by atoms with Gasteiger partial charge in [-0.25, -0.2) is 4.79 Å². The first kappa shape index (κ1) is 17.6. The smallest absolute Gasteiger partial charge is 0.326 e. The molecule has 140 valence electrons. The maximum Gasteiger partial charge on any atom is 0.326 e. The van der Waals surface area contributed by atoms with Gasteiger partial charge >= 0.3 is 5.97 Å². The van der Waals surface area contributed by atoms with E-state index in [0.29, 0.717) is 24.2 Å². The quantitative estimate of drug-likeness (QED) is 0.847. The number of rotatable bonds is 5. The summed E-state index contributed by atoms with van der Waals surface area (Å²) in [4.78, 5) is 25.1. The van der Waals surface area contributed by atoms with E-state index in [0.717, 1.165) is 36.0 Å². The third-order valence-corrected chi connectivity index (χ3v) is 7.18. The van der Waals surface area contributed by atoms with Crippen molar-refractivity contribution in [3.8, 4) is 0 Å². The number of carboxylic acid groups (broad SMARTS) is 1. The normalized spacial score (nSPS) is 33.1. The zero-order chi connectivity index (χ0) is 18.5. The molecular formula is C22H29NO3. The molecule has 4 aliphatic rings. The first-order chi connectivity index (χ1) is 12.4. The Morgan fingerprint density at radius 1 is 1.08 bits per heavy atom. The predicted molar refractivity (Wildman–Crippen MR) is 99.8 cm³/mol. The molecule has 0 saturated heterocycles. The average molecular weight is 355 g/mol. The molecule has 4 saturated carbocycles. The van der Waals surface area contributed by atoms with Crippen molar-refractivity contribution in [1.82, 2.24) is 5.32 Å². The molecule has 4 aliphatic carbocycles. The van der Waals surface area contributed by atoms with Gasteiger partial charge in [0.25, 0.3) is 0 Å². The molecule has 1 amide bonds. The molecule has 2 N–H and O–H groups in total. The van der Waals surface area contributed by atoms with Gasteiger partial charge in [0.15, 0.2) is 0 Å². The van der Waals surface area contributed by atoms with E-state index in [2.05, 4.69) is 5.32 Å². The minimum Gasteiger partial charge on any atom is -0.480 e. The molecule has 4 fully saturated rings. The third-order valence-electron chi connectivity index (χ3n) is 7.18. The minimum absolute atomic E-state index is 0.00441. The summed E-state index contributed by atoms with van der Waals surface area (Å²) in [6.07, 6.45) is 7.06. The SMILES string of the molecule is Cc1cccc(C)c1C[C@H](NC(=O)C12CC3CC(CC(C3)C1)C2)C(=O)O. The van der Waals surface area contributed by atoms with Crippen LogP contribution in [0.3, 0.4) is 0 Å². The fraction of sp³-hybridized carbons (Fsp3) is 0.636. The van der Waals surface area contributed by atoms with Gasteiger partial charge in [0.05, 0.1) is 0 Å². The fourth-order valence-electron chi connectivity index (χ4n) is 6.28. The Hall–Kier alpha value is -1.84. The molecule has 0 spiro atoms. The van der Waals surface area contributed by atoms with Gasteiger partial charge in [-0.3, -0.25) is 4.79 Å². The van der Waals surface area contributed by atoms with Crippen LogP contribution in [-0.4, -0.2) is 23.0 Å². The molecule has 1 atom stereocenters. The molecular weight excluding hydrogens is 326 g/mol. The summed E-state index contributed by atoms with van der Waals surface area (Å²) >= 11 is 0. The van der Waals surface area contributed by atoms with Gasteiger partial charge in [-0.1, -0.05) is 18.2 Å². The summed E-state index contributed by atoms with van der Waals surface area (Å²) in [5.74, 6) is 1.08. The zero-order valence-electron chi connectivity index (χ0n) is 15.8. The average Bonchev–Trinajstić information content (AvgIpc) is 2.55. The molecule has 4 nitrogen and oxygen atoms in total. The van der Waals surface area contributed by atoms with Gasteiger partial charge in [-0.15, -0.1) is 0 Å². The maximum absolute atomic E-state index is 13.2. The molecule has 0 radical (unpaired) electrons. The number of aryl methyl sites for hydroxylation is 2. The van der Waals surface area contributed by atoms with E-state index in [1.807, 2.05) is 32.0 Å². The molecule has 4 heteroatoms. The number of hydrogen-bond donors (Lipinski definition) is 2. The number of aliphatic carboxylic acids is 1. The summed E-state index contributed by atoms with van der Waals surface area (Å²) in [5.41, 5.74) is 2.90. The van der Waals surface area contributed by atoms with Crippen molar-refractivity contribution in [2.75, 3.05) is 0 Å². The van der Waals surface area contributed by atoms with Crippen molar-refractivity contribution < 1.29 is 14.7 Å².